The first kappa shape index (κ1) is 24.5. The fourth-order valence-electron chi connectivity index (χ4n) is 4.99. The number of fused-ring (bicyclic) bond motifs is 1. The molecule has 2 aromatic heterocycles. The first-order valence-corrected chi connectivity index (χ1v) is 13.0. The van der Waals surface area contributed by atoms with Gasteiger partial charge in [0.25, 0.3) is 0 Å². The normalized spacial score (nSPS) is 18.7. The smallest absolute Gasteiger partial charge is 0.303 e. The minimum atomic E-state index is -0.688. The van der Waals surface area contributed by atoms with E-state index in [0.29, 0.717) is 5.92 Å². The van der Waals surface area contributed by atoms with Crippen LogP contribution in [0, 0.1) is 11.8 Å². The number of rotatable bonds is 11. The molecule has 6 nitrogen and oxygen atoms in total. The molecule has 1 N–H and O–H groups in total. The number of hydrogen-bond acceptors (Lipinski definition) is 6. The number of thioether (sulfide) groups is 1. The van der Waals surface area contributed by atoms with Gasteiger partial charge in [-0.15, -0.1) is 11.8 Å². The van der Waals surface area contributed by atoms with Gasteiger partial charge in [-0.3, -0.25) is 9.78 Å². The van der Waals surface area contributed by atoms with Gasteiger partial charge in [0.1, 0.15) is 5.75 Å². The summed E-state index contributed by atoms with van der Waals surface area (Å²) in [6.45, 7) is 2.88. The Morgan fingerprint density at radius 3 is 2.88 bits per heavy atom. The molecule has 0 saturated carbocycles. The third-order valence-electron chi connectivity index (χ3n) is 6.77. The highest BCUT2D eigenvalue weighted by Gasteiger charge is 2.30. The first-order chi connectivity index (χ1) is 16.6. The number of nitrogens with zero attached hydrogens (tertiary/aromatic N) is 3. The van der Waals surface area contributed by atoms with Crippen molar-refractivity contribution in [2.24, 2.45) is 11.8 Å². The van der Waals surface area contributed by atoms with Crippen molar-refractivity contribution in [3.63, 3.8) is 0 Å². The van der Waals surface area contributed by atoms with E-state index >= 15 is 0 Å². The van der Waals surface area contributed by atoms with Crippen LogP contribution >= 0.6 is 11.8 Å². The van der Waals surface area contributed by atoms with E-state index in [4.69, 9.17) is 4.74 Å². The van der Waals surface area contributed by atoms with Gasteiger partial charge in [0.05, 0.1) is 17.7 Å². The molecule has 0 spiro atoms. The van der Waals surface area contributed by atoms with Gasteiger partial charge in [0.15, 0.2) is 0 Å². The summed E-state index contributed by atoms with van der Waals surface area (Å²) in [5, 5.41) is 11.7. The Morgan fingerprint density at radius 2 is 2.09 bits per heavy atom. The zero-order chi connectivity index (χ0) is 23.8. The number of carboxylic acids is 1. The number of aliphatic carboxylic acids is 1. The van der Waals surface area contributed by atoms with E-state index in [2.05, 4.69) is 27.0 Å². The van der Waals surface area contributed by atoms with E-state index in [0.717, 1.165) is 72.7 Å². The standard InChI is InChI=1S/C27H33N3O3S/c1-33-23-8-9-25-24(18-23)21(10-13-28-25)6-4-5-20-11-14-30(19-22(20)17-27(31)32)15-16-34-26-7-2-3-12-29-26/h2-3,7-10,12-13,18,20,22H,4-6,11,14-17,19H2,1H3,(H,31,32)/t20-,22+/m1/s1. The van der Waals surface area contributed by atoms with E-state index in [9.17, 15) is 9.90 Å². The molecular weight excluding hydrogens is 446 g/mol. The lowest BCUT2D eigenvalue weighted by molar-refractivity contribution is -0.139. The molecule has 1 saturated heterocycles. The Morgan fingerprint density at radius 1 is 1.18 bits per heavy atom. The van der Waals surface area contributed by atoms with Crippen LogP contribution in [-0.4, -0.2) is 58.4 Å². The second kappa shape index (κ2) is 12.2. The van der Waals surface area contributed by atoms with Gasteiger partial charge >= 0.3 is 5.97 Å². The number of benzene rings is 1. The summed E-state index contributed by atoms with van der Waals surface area (Å²) in [4.78, 5) is 22.9. The molecule has 0 radical (unpaired) electrons. The molecule has 0 aliphatic carbocycles. The van der Waals surface area contributed by atoms with Crippen LogP contribution in [0.15, 0.2) is 59.9 Å². The van der Waals surface area contributed by atoms with Crippen LogP contribution in [0.2, 0.25) is 0 Å². The van der Waals surface area contributed by atoms with Crippen molar-refractivity contribution in [3.05, 3.63) is 60.4 Å². The number of methoxy groups -OCH3 is 1. The Kier molecular flexibility index (Phi) is 8.77. The van der Waals surface area contributed by atoms with Gasteiger partial charge in [-0.05, 0) is 86.0 Å². The van der Waals surface area contributed by atoms with Crippen molar-refractivity contribution in [2.75, 3.05) is 32.5 Å². The van der Waals surface area contributed by atoms with Crippen molar-refractivity contribution in [1.29, 1.82) is 0 Å². The summed E-state index contributed by atoms with van der Waals surface area (Å²) < 4.78 is 5.40. The topological polar surface area (TPSA) is 75.5 Å². The second-order valence-electron chi connectivity index (χ2n) is 8.97. The Labute approximate surface area is 205 Å². The lowest BCUT2D eigenvalue weighted by Crippen LogP contribution is -2.42. The monoisotopic (exact) mass is 479 g/mol. The van der Waals surface area contributed by atoms with Crippen molar-refractivity contribution >= 4 is 28.6 Å². The molecule has 0 unspecified atom stereocenters. The van der Waals surface area contributed by atoms with Crippen LogP contribution in [0.1, 0.15) is 31.2 Å². The Hall–Kier alpha value is -2.64. The molecule has 1 fully saturated rings. The number of hydrogen-bond donors (Lipinski definition) is 1. The number of carbonyl (C=O) groups is 1. The van der Waals surface area contributed by atoms with Crippen LogP contribution in [0.25, 0.3) is 10.9 Å². The predicted octanol–water partition coefficient (Wildman–Crippen LogP) is 5.17. The van der Waals surface area contributed by atoms with Gasteiger partial charge in [-0.1, -0.05) is 6.07 Å². The second-order valence-corrected chi connectivity index (χ2v) is 10.1. The largest absolute Gasteiger partial charge is 0.497 e. The maximum Gasteiger partial charge on any atom is 0.303 e. The van der Waals surface area contributed by atoms with E-state index in [-0.39, 0.29) is 12.3 Å². The van der Waals surface area contributed by atoms with E-state index in [1.165, 1.54) is 5.56 Å². The number of carboxylic acid groups (broad SMARTS) is 1. The maximum absolute atomic E-state index is 11.6. The number of ether oxygens (including phenoxy) is 1. The predicted molar refractivity (Wildman–Crippen MR) is 136 cm³/mol. The number of piperidine rings is 1. The average Bonchev–Trinajstić information content (AvgIpc) is 2.85. The summed E-state index contributed by atoms with van der Waals surface area (Å²) in [7, 11) is 1.68. The van der Waals surface area contributed by atoms with Gasteiger partial charge < -0.3 is 14.7 Å². The minimum absolute atomic E-state index is 0.209. The van der Waals surface area contributed by atoms with Crippen LogP contribution in [0.5, 0.6) is 5.75 Å². The highest BCUT2D eigenvalue weighted by molar-refractivity contribution is 7.99. The summed E-state index contributed by atoms with van der Waals surface area (Å²) in [5.41, 5.74) is 2.27. The summed E-state index contributed by atoms with van der Waals surface area (Å²) in [6, 6.07) is 14.1. The molecule has 1 aliphatic heterocycles. The third-order valence-corrected chi connectivity index (χ3v) is 7.69. The molecule has 2 atom stereocenters. The van der Waals surface area contributed by atoms with Crippen LogP contribution in [0.3, 0.4) is 0 Å². The summed E-state index contributed by atoms with van der Waals surface area (Å²) in [6.07, 6.45) is 8.09. The number of aryl methyl sites for hydroxylation is 1. The SMILES string of the molecule is COc1ccc2nccc(CCC[C@@H]3CCN(CCSc4ccccn4)C[C@@H]3CC(=O)O)c2c1. The van der Waals surface area contributed by atoms with E-state index in [1.54, 1.807) is 18.9 Å². The summed E-state index contributed by atoms with van der Waals surface area (Å²) >= 11 is 1.76. The molecule has 4 rings (SSSR count). The zero-order valence-electron chi connectivity index (χ0n) is 19.7. The number of aromatic nitrogens is 2. The maximum atomic E-state index is 11.6. The molecule has 1 aliphatic rings. The Balaban J connectivity index is 1.31. The lowest BCUT2D eigenvalue weighted by atomic mass is 9.80. The quantitative estimate of drug-likeness (QED) is 0.380. The van der Waals surface area contributed by atoms with Crippen LogP contribution in [0.4, 0.5) is 0 Å². The van der Waals surface area contributed by atoms with Gasteiger partial charge in [0, 0.05) is 43.0 Å². The fourth-order valence-corrected chi connectivity index (χ4v) is 5.86. The molecule has 0 bridgehead atoms. The molecule has 0 amide bonds. The van der Waals surface area contributed by atoms with Gasteiger partial charge in [0.2, 0.25) is 0 Å². The average molecular weight is 480 g/mol. The van der Waals surface area contributed by atoms with E-state index < -0.39 is 5.97 Å². The summed E-state index contributed by atoms with van der Waals surface area (Å²) in [5.74, 6) is 1.79. The van der Waals surface area contributed by atoms with Gasteiger partial charge in [-0.25, -0.2) is 4.98 Å². The van der Waals surface area contributed by atoms with Crippen molar-refractivity contribution in [2.45, 2.75) is 37.1 Å². The van der Waals surface area contributed by atoms with Crippen LogP contribution < -0.4 is 4.74 Å². The molecular formula is C27H33N3O3S. The molecule has 3 heterocycles. The van der Waals surface area contributed by atoms with Gasteiger partial charge in [-0.2, -0.15) is 0 Å². The lowest BCUT2D eigenvalue weighted by Gasteiger charge is -2.38. The Bertz CT molecular complexity index is 1080. The van der Waals surface area contributed by atoms with Crippen LogP contribution in [-0.2, 0) is 11.2 Å². The van der Waals surface area contributed by atoms with Crippen molar-refractivity contribution < 1.29 is 14.6 Å². The molecule has 7 heteroatoms. The molecule has 180 valence electrons. The highest BCUT2D eigenvalue weighted by Crippen LogP contribution is 2.32. The van der Waals surface area contributed by atoms with Crippen molar-refractivity contribution in [3.8, 4) is 5.75 Å². The highest BCUT2D eigenvalue weighted by atomic mass is 32.2. The molecule has 34 heavy (non-hydrogen) atoms. The van der Waals surface area contributed by atoms with Crippen molar-refractivity contribution in [1.82, 2.24) is 14.9 Å². The fraction of sp³-hybridized carbons (Fsp3) is 0.444. The molecule has 1 aromatic carbocycles. The first-order valence-electron chi connectivity index (χ1n) is 12.0. The van der Waals surface area contributed by atoms with E-state index in [1.807, 2.05) is 42.7 Å². The number of pyridine rings is 2. The zero-order valence-corrected chi connectivity index (χ0v) is 20.5. The third kappa shape index (κ3) is 6.70. The minimum Gasteiger partial charge on any atom is -0.497 e. The molecule has 3 aromatic rings. The number of likely N-dealkylation sites (tertiary alicyclic amines) is 1.